The molecule has 3 N–H and O–H groups in total. The Hall–Kier alpha value is 0.190. The molecule has 0 unspecified atom stereocenters. The van der Waals surface area contributed by atoms with E-state index in [1.807, 2.05) is 6.92 Å². The molecule has 0 bridgehead atoms. The highest BCUT2D eigenvalue weighted by atomic mass is 32.2. The molecule has 0 aromatic rings. The van der Waals surface area contributed by atoms with E-state index < -0.39 is 18.3 Å². The second kappa shape index (κ2) is 3.64. The molecule has 2 fully saturated rings. The van der Waals surface area contributed by atoms with E-state index in [-0.39, 0.29) is 5.54 Å². The van der Waals surface area contributed by atoms with Gasteiger partial charge in [-0.15, -0.1) is 0 Å². The van der Waals surface area contributed by atoms with Crippen molar-refractivity contribution in [2.24, 2.45) is 0 Å². The van der Waals surface area contributed by atoms with Crippen LogP contribution >= 0.6 is 11.8 Å². The summed E-state index contributed by atoms with van der Waals surface area (Å²) in [5.41, 5.74) is -0.373. The van der Waals surface area contributed by atoms with Gasteiger partial charge in [0.25, 0.3) is 0 Å². The lowest BCUT2D eigenvalue weighted by Gasteiger charge is -2.53. The summed E-state index contributed by atoms with van der Waals surface area (Å²) in [7, 11) is 0. The minimum absolute atomic E-state index is 0.373. The van der Waals surface area contributed by atoms with Gasteiger partial charge in [-0.3, -0.25) is 4.90 Å². The lowest BCUT2D eigenvalue weighted by molar-refractivity contribution is -0.163. The van der Waals surface area contributed by atoms with Gasteiger partial charge in [0.1, 0.15) is 12.2 Å². The Balaban J connectivity index is 2.21. The second-order valence-corrected chi connectivity index (χ2v) is 5.46. The molecule has 0 radical (unpaired) electrons. The van der Waals surface area contributed by atoms with Crippen LogP contribution in [0.25, 0.3) is 0 Å². The highest BCUT2D eigenvalue weighted by molar-refractivity contribution is 7.99. The van der Waals surface area contributed by atoms with E-state index in [0.717, 1.165) is 18.1 Å². The SMILES string of the molecule is C[C@]12CSCCN1C[C@@H](O)[C@@H](O)[C@@H]2O. The molecule has 2 aliphatic heterocycles. The standard InChI is InChI=1S/C9H17NO3S/c1-9-5-14-3-2-10(9)4-6(11)7(12)8(9)13/h6-8,11-13H,2-5H2,1H3/t6-,7-,8+,9-/m1/s1. The first-order valence-corrected chi connectivity index (χ1v) is 6.08. The Labute approximate surface area is 87.9 Å². The molecule has 4 nitrogen and oxygen atoms in total. The van der Waals surface area contributed by atoms with E-state index in [4.69, 9.17) is 0 Å². The number of hydrogen-bond acceptors (Lipinski definition) is 5. The molecular formula is C9H17NO3S. The molecule has 5 heteroatoms. The Bertz CT molecular complexity index is 224. The van der Waals surface area contributed by atoms with Crippen molar-refractivity contribution in [3.8, 4) is 0 Å². The maximum absolute atomic E-state index is 9.94. The first-order chi connectivity index (χ1) is 6.55. The third kappa shape index (κ3) is 1.47. The molecule has 0 aromatic carbocycles. The highest BCUT2D eigenvalue weighted by Crippen LogP contribution is 2.35. The normalized spacial score (nSPS) is 50.1. The summed E-state index contributed by atoms with van der Waals surface area (Å²) in [6.45, 7) is 3.30. The Morgan fingerprint density at radius 2 is 2.07 bits per heavy atom. The van der Waals surface area contributed by atoms with E-state index >= 15 is 0 Å². The van der Waals surface area contributed by atoms with Crippen molar-refractivity contribution in [1.82, 2.24) is 4.90 Å². The van der Waals surface area contributed by atoms with Crippen LogP contribution in [-0.2, 0) is 0 Å². The number of thioether (sulfide) groups is 1. The number of aliphatic hydroxyl groups is 3. The molecule has 4 atom stereocenters. The van der Waals surface area contributed by atoms with Gasteiger partial charge in [0, 0.05) is 24.6 Å². The first kappa shape index (κ1) is 10.7. The van der Waals surface area contributed by atoms with Crippen LogP contribution in [0, 0.1) is 0 Å². The van der Waals surface area contributed by atoms with E-state index in [9.17, 15) is 15.3 Å². The van der Waals surface area contributed by atoms with Crippen LogP contribution in [0.1, 0.15) is 6.92 Å². The minimum Gasteiger partial charge on any atom is -0.389 e. The van der Waals surface area contributed by atoms with Gasteiger partial charge in [0.15, 0.2) is 0 Å². The molecule has 82 valence electrons. The predicted octanol–water partition coefficient (Wildman–Crippen LogP) is -1.11. The van der Waals surface area contributed by atoms with Crippen molar-refractivity contribution in [1.29, 1.82) is 0 Å². The molecule has 0 spiro atoms. The maximum atomic E-state index is 9.94. The molecule has 0 amide bonds. The Kier molecular flexibility index (Phi) is 2.79. The first-order valence-electron chi connectivity index (χ1n) is 4.93. The molecule has 2 aliphatic rings. The lowest BCUT2D eigenvalue weighted by atomic mass is 9.83. The van der Waals surface area contributed by atoms with Gasteiger partial charge in [0.2, 0.25) is 0 Å². The number of aliphatic hydroxyl groups excluding tert-OH is 3. The molecule has 0 saturated carbocycles. The van der Waals surface area contributed by atoms with Crippen LogP contribution in [0.2, 0.25) is 0 Å². The fourth-order valence-corrected chi connectivity index (χ4v) is 3.55. The minimum atomic E-state index is -1.00. The molecule has 2 saturated heterocycles. The molecule has 14 heavy (non-hydrogen) atoms. The maximum Gasteiger partial charge on any atom is 0.109 e. The number of rotatable bonds is 0. The largest absolute Gasteiger partial charge is 0.389 e. The fraction of sp³-hybridized carbons (Fsp3) is 1.00. The Morgan fingerprint density at radius 1 is 1.36 bits per heavy atom. The zero-order chi connectivity index (χ0) is 10.3. The van der Waals surface area contributed by atoms with Gasteiger partial charge >= 0.3 is 0 Å². The summed E-state index contributed by atoms with van der Waals surface area (Å²) in [5.74, 6) is 1.85. The quantitative estimate of drug-likeness (QED) is 0.482. The van der Waals surface area contributed by atoms with Gasteiger partial charge in [0.05, 0.1) is 11.6 Å². The highest BCUT2D eigenvalue weighted by Gasteiger charge is 2.50. The van der Waals surface area contributed by atoms with E-state index in [1.165, 1.54) is 0 Å². The van der Waals surface area contributed by atoms with Gasteiger partial charge < -0.3 is 15.3 Å². The number of hydrogen-bond donors (Lipinski definition) is 3. The van der Waals surface area contributed by atoms with Crippen molar-refractivity contribution < 1.29 is 15.3 Å². The third-order valence-electron chi connectivity index (χ3n) is 3.38. The molecule has 0 aliphatic carbocycles. The van der Waals surface area contributed by atoms with Crippen LogP contribution < -0.4 is 0 Å². The van der Waals surface area contributed by atoms with E-state index in [1.54, 1.807) is 11.8 Å². The summed E-state index contributed by atoms with van der Waals surface area (Å²) in [6.07, 6.45) is -2.67. The van der Waals surface area contributed by atoms with Gasteiger partial charge in [-0.1, -0.05) is 0 Å². The van der Waals surface area contributed by atoms with Crippen molar-refractivity contribution in [2.45, 2.75) is 30.8 Å². The van der Waals surface area contributed by atoms with E-state index in [0.29, 0.717) is 6.54 Å². The predicted molar refractivity (Wildman–Crippen MR) is 55.3 cm³/mol. The van der Waals surface area contributed by atoms with Gasteiger partial charge in [-0.25, -0.2) is 0 Å². The van der Waals surface area contributed by atoms with Crippen LogP contribution in [-0.4, -0.2) is 68.7 Å². The average molecular weight is 219 g/mol. The van der Waals surface area contributed by atoms with Gasteiger partial charge in [-0.2, -0.15) is 11.8 Å². The smallest absolute Gasteiger partial charge is 0.109 e. The zero-order valence-electron chi connectivity index (χ0n) is 8.26. The number of piperidine rings is 1. The summed E-state index contributed by atoms with van der Waals surface area (Å²) < 4.78 is 0. The topological polar surface area (TPSA) is 63.9 Å². The van der Waals surface area contributed by atoms with Crippen molar-refractivity contribution in [2.75, 3.05) is 24.6 Å². The lowest BCUT2D eigenvalue weighted by Crippen LogP contribution is -2.70. The summed E-state index contributed by atoms with van der Waals surface area (Å²) in [5, 5.41) is 29.1. The molecular weight excluding hydrogens is 202 g/mol. The summed E-state index contributed by atoms with van der Waals surface area (Å²) >= 11 is 1.79. The molecule has 0 aromatic heterocycles. The van der Waals surface area contributed by atoms with E-state index in [2.05, 4.69) is 4.90 Å². The van der Waals surface area contributed by atoms with Crippen molar-refractivity contribution in [3.05, 3.63) is 0 Å². The number of nitrogens with zero attached hydrogens (tertiary/aromatic N) is 1. The van der Waals surface area contributed by atoms with Crippen LogP contribution in [0.4, 0.5) is 0 Å². The van der Waals surface area contributed by atoms with Crippen molar-refractivity contribution in [3.63, 3.8) is 0 Å². The molecule has 2 rings (SSSR count). The third-order valence-corrected chi connectivity index (χ3v) is 4.64. The van der Waals surface area contributed by atoms with Crippen LogP contribution in [0.5, 0.6) is 0 Å². The monoisotopic (exact) mass is 219 g/mol. The average Bonchev–Trinajstić information content (AvgIpc) is 2.17. The van der Waals surface area contributed by atoms with Crippen molar-refractivity contribution >= 4 is 11.8 Å². The van der Waals surface area contributed by atoms with Gasteiger partial charge in [-0.05, 0) is 6.92 Å². The summed E-state index contributed by atoms with van der Waals surface area (Å²) in [4.78, 5) is 2.09. The van der Waals surface area contributed by atoms with Crippen LogP contribution in [0.3, 0.4) is 0 Å². The number of fused-ring (bicyclic) bond motifs is 1. The fourth-order valence-electron chi connectivity index (χ4n) is 2.28. The molecule has 2 heterocycles. The second-order valence-electron chi connectivity index (χ2n) is 4.36. The zero-order valence-corrected chi connectivity index (χ0v) is 9.07. The van der Waals surface area contributed by atoms with Crippen LogP contribution in [0.15, 0.2) is 0 Å². The summed E-state index contributed by atoms with van der Waals surface area (Å²) in [6, 6.07) is 0. The number of β-amino-alcohol motifs (C(OH)–C–C–N with tert-alkyl or cyclic N) is 1. The Morgan fingerprint density at radius 3 is 2.79 bits per heavy atom.